The molecule has 1 saturated carbocycles. The molecule has 0 heterocycles. The molecular formula is C17H27N. The van der Waals surface area contributed by atoms with Crippen molar-refractivity contribution in [1.82, 2.24) is 5.32 Å². The smallest absolute Gasteiger partial charge is 0.0294 e. The Kier molecular flexibility index (Phi) is 4.11. The van der Waals surface area contributed by atoms with Crippen LogP contribution < -0.4 is 5.32 Å². The van der Waals surface area contributed by atoms with Gasteiger partial charge in [-0.15, -0.1) is 0 Å². The molecular weight excluding hydrogens is 218 g/mol. The molecule has 0 aliphatic heterocycles. The van der Waals surface area contributed by atoms with E-state index >= 15 is 0 Å². The predicted molar refractivity (Wildman–Crippen MR) is 78.8 cm³/mol. The highest BCUT2D eigenvalue weighted by Gasteiger charge is 2.27. The fourth-order valence-electron chi connectivity index (χ4n) is 2.87. The number of hydrogen-bond acceptors (Lipinski definition) is 1. The van der Waals surface area contributed by atoms with E-state index in [1.54, 1.807) is 0 Å². The minimum Gasteiger partial charge on any atom is -0.307 e. The summed E-state index contributed by atoms with van der Waals surface area (Å²) in [5.41, 5.74) is 3.31. The molecule has 0 spiro atoms. The zero-order valence-electron chi connectivity index (χ0n) is 12.3. The van der Waals surface area contributed by atoms with Crippen molar-refractivity contribution in [1.29, 1.82) is 0 Å². The van der Waals surface area contributed by atoms with E-state index < -0.39 is 0 Å². The van der Waals surface area contributed by atoms with E-state index in [4.69, 9.17) is 0 Å². The van der Waals surface area contributed by atoms with Crippen LogP contribution in [0.3, 0.4) is 0 Å². The van der Waals surface area contributed by atoms with E-state index in [0.717, 1.165) is 0 Å². The third-order valence-electron chi connectivity index (χ3n) is 4.40. The molecule has 0 bridgehead atoms. The highest BCUT2D eigenvalue weighted by atomic mass is 14.9. The molecule has 2 rings (SSSR count). The Morgan fingerprint density at radius 3 is 2.22 bits per heavy atom. The van der Waals surface area contributed by atoms with E-state index in [9.17, 15) is 0 Å². The summed E-state index contributed by atoms with van der Waals surface area (Å²) in [5.74, 6) is 0. The number of rotatable bonds is 3. The first kappa shape index (κ1) is 13.6. The zero-order chi connectivity index (χ0) is 13.2. The van der Waals surface area contributed by atoms with Crippen molar-refractivity contribution in [2.45, 2.75) is 65.5 Å². The first-order valence-electron chi connectivity index (χ1n) is 7.29. The summed E-state index contributed by atoms with van der Waals surface area (Å²) in [7, 11) is 0. The lowest BCUT2D eigenvalue weighted by molar-refractivity contribution is 0.200. The van der Waals surface area contributed by atoms with Gasteiger partial charge >= 0.3 is 0 Å². The van der Waals surface area contributed by atoms with Gasteiger partial charge < -0.3 is 5.32 Å². The standard InChI is InChI=1S/C17H27N/c1-13-5-7-15(8-6-13)14(2)18-16-9-11-17(3,4)12-10-16/h5-8,14,16,18H,9-12H2,1-4H3/t14-/m0/s1. The van der Waals surface area contributed by atoms with Crippen LogP contribution >= 0.6 is 0 Å². The van der Waals surface area contributed by atoms with E-state index in [1.165, 1.54) is 36.8 Å². The molecule has 1 aliphatic rings. The van der Waals surface area contributed by atoms with Crippen molar-refractivity contribution in [3.63, 3.8) is 0 Å². The zero-order valence-corrected chi connectivity index (χ0v) is 12.3. The number of benzene rings is 1. The SMILES string of the molecule is Cc1ccc([C@H](C)NC2CCC(C)(C)CC2)cc1. The first-order valence-corrected chi connectivity index (χ1v) is 7.29. The van der Waals surface area contributed by atoms with Crippen molar-refractivity contribution >= 4 is 0 Å². The maximum absolute atomic E-state index is 3.79. The largest absolute Gasteiger partial charge is 0.307 e. The summed E-state index contributed by atoms with van der Waals surface area (Å²) in [6.07, 6.45) is 5.35. The van der Waals surface area contributed by atoms with Crippen LogP contribution in [0, 0.1) is 12.3 Å². The van der Waals surface area contributed by atoms with Gasteiger partial charge in [0.2, 0.25) is 0 Å². The number of aryl methyl sites for hydroxylation is 1. The van der Waals surface area contributed by atoms with Crippen LogP contribution in [0.4, 0.5) is 0 Å². The van der Waals surface area contributed by atoms with Gasteiger partial charge in [0.05, 0.1) is 0 Å². The first-order chi connectivity index (χ1) is 8.46. The van der Waals surface area contributed by atoms with Crippen LogP contribution in [-0.2, 0) is 0 Å². The second kappa shape index (κ2) is 5.44. The molecule has 18 heavy (non-hydrogen) atoms. The third-order valence-corrected chi connectivity index (χ3v) is 4.40. The molecule has 1 aromatic rings. The Hall–Kier alpha value is -0.820. The van der Waals surface area contributed by atoms with Gasteiger partial charge in [-0.3, -0.25) is 0 Å². The Bertz CT molecular complexity index is 367. The lowest BCUT2D eigenvalue weighted by Crippen LogP contribution is -2.37. The van der Waals surface area contributed by atoms with Crippen molar-refractivity contribution in [3.8, 4) is 0 Å². The highest BCUT2D eigenvalue weighted by Crippen LogP contribution is 2.35. The van der Waals surface area contributed by atoms with Crippen molar-refractivity contribution < 1.29 is 0 Å². The van der Waals surface area contributed by atoms with Gasteiger partial charge in [-0.2, -0.15) is 0 Å². The maximum atomic E-state index is 3.79. The van der Waals surface area contributed by atoms with E-state index in [-0.39, 0.29) is 0 Å². The molecule has 0 radical (unpaired) electrons. The highest BCUT2D eigenvalue weighted by molar-refractivity contribution is 5.23. The molecule has 1 fully saturated rings. The topological polar surface area (TPSA) is 12.0 Å². The van der Waals surface area contributed by atoms with E-state index in [1.807, 2.05) is 0 Å². The van der Waals surface area contributed by atoms with Crippen molar-refractivity contribution in [2.24, 2.45) is 5.41 Å². The van der Waals surface area contributed by atoms with Gasteiger partial charge in [0.15, 0.2) is 0 Å². The molecule has 1 aromatic carbocycles. The van der Waals surface area contributed by atoms with E-state index in [0.29, 0.717) is 17.5 Å². The summed E-state index contributed by atoms with van der Waals surface area (Å²) in [6, 6.07) is 10.1. The molecule has 0 aromatic heterocycles. The van der Waals surface area contributed by atoms with Crippen molar-refractivity contribution in [2.75, 3.05) is 0 Å². The molecule has 0 amide bonds. The van der Waals surface area contributed by atoms with Crippen LogP contribution in [0.25, 0.3) is 0 Å². The fourth-order valence-corrected chi connectivity index (χ4v) is 2.87. The van der Waals surface area contributed by atoms with Gasteiger partial charge in [-0.25, -0.2) is 0 Å². The van der Waals surface area contributed by atoms with Gasteiger partial charge in [0, 0.05) is 12.1 Å². The Labute approximate surface area is 112 Å². The summed E-state index contributed by atoms with van der Waals surface area (Å²) in [5, 5.41) is 3.79. The average Bonchev–Trinajstić information content (AvgIpc) is 2.33. The monoisotopic (exact) mass is 245 g/mol. The van der Waals surface area contributed by atoms with Crippen LogP contribution in [0.2, 0.25) is 0 Å². The molecule has 0 saturated heterocycles. The number of nitrogens with one attached hydrogen (secondary N) is 1. The lowest BCUT2D eigenvalue weighted by atomic mass is 9.75. The molecule has 1 N–H and O–H groups in total. The Balaban J connectivity index is 1.88. The quantitative estimate of drug-likeness (QED) is 0.819. The van der Waals surface area contributed by atoms with E-state index in [2.05, 4.69) is 57.3 Å². The molecule has 1 heteroatoms. The van der Waals surface area contributed by atoms with Crippen LogP contribution in [0.1, 0.15) is 63.6 Å². The molecule has 1 atom stereocenters. The van der Waals surface area contributed by atoms with Gasteiger partial charge in [0.1, 0.15) is 0 Å². The second-order valence-electron chi connectivity index (χ2n) is 6.74. The van der Waals surface area contributed by atoms with Gasteiger partial charge in [0.25, 0.3) is 0 Å². The summed E-state index contributed by atoms with van der Waals surface area (Å²) in [6.45, 7) is 9.22. The maximum Gasteiger partial charge on any atom is 0.0294 e. The number of hydrogen-bond donors (Lipinski definition) is 1. The normalized spacial score (nSPS) is 21.8. The minimum absolute atomic E-state index is 0.469. The second-order valence-corrected chi connectivity index (χ2v) is 6.74. The van der Waals surface area contributed by atoms with Crippen LogP contribution in [0.5, 0.6) is 0 Å². The van der Waals surface area contributed by atoms with Crippen molar-refractivity contribution in [3.05, 3.63) is 35.4 Å². The Morgan fingerprint density at radius 1 is 1.11 bits per heavy atom. The summed E-state index contributed by atoms with van der Waals surface area (Å²) < 4.78 is 0. The van der Waals surface area contributed by atoms with Crippen LogP contribution in [-0.4, -0.2) is 6.04 Å². The lowest BCUT2D eigenvalue weighted by Gasteiger charge is -2.36. The van der Waals surface area contributed by atoms with Crippen LogP contribution in [0.15, 0.2) is 24.3 Å². The molecule has 0 unspecified atom stereocenters. The van der Waals surface area contributed by atoms with Gasteiger partial charge in [-0.1, -0.05) is 43.7 Å². The summed E-state index contributed by atoms with van der Waals surface area (Å²) >= 11 is 0. The minimum atomic E-state index is 0.469. The third kappa shape index (κ3) is 3.58. The summed E-state index contributed by atoms with van der Waals surface area (Å²) in [4.78, 5) is 0. The fraction of sp³-hybridized carbons (Fsp3) is 0.647. The molecule has 1 aliphatic carbocycles. The molecule has 1 nitrogen and oxygen atoms in total. The Morgan fingerprint density at radius 2 is 1.67 bits per heavy atom. The predicted octanol–water partition coefficient (Wildman–Crippen LogP) is 4.61. The average molecular weight is 245 g/mol. The van der Waals surface area contributed by atoms with Gasteiger partial charge in [-0.05, 0) is 50.5 Å². The molecule has 100 valence electrons.